The van der Waals surface area contributed by atoms with Crippen LogP contribution in [0.3, 0.4) is 0 Å². The van der Waals surface area contributed by atoms with Crippen LogP contribution in [0.25, 0.3) is 0 Å². The highest BCUT2D eigenvalue weighted by Crippen LogP contribution is 2.25. The number of pyridine rings is 1. The summed E-state index contributed by atoms with van der Waals surface area (Å²) in [5.41, 5.74) is 3.30. The van der Waals surface area contributed by atoms with Crippen LogP contribution < -0.4 is 10.1 Å². The molecular formula is C15H17ClN2O. The zero-order valence-electron chi connectivity index (χ0n) is 11.1. The monoisotopic (exact) mass is 276 g/mol. The summed E-state index contributed by atoms with van der Waals surface area (Å²) in [5, 5.41) is 4.07. The Morgan fingerprint density at radius 1 is 1.26 bits per heavy atom. The molecule has 0 unspecified atom stereocenters. The second-order valence-corrected chi connectivity index (χ2v) is 4.80. The predicted molar refractivity (Wildman–Crippen MR) is 77.5 cm³/mol. The van der Waals surface area contributed by atoms with Gasteiger partial charge in [0.05, 0.1) is 7.11 Å². The Bertz CT molecular complexity index is 558. The van der Waals surface area contributed by atoms with Gasteiger partial charge in [0.15, 0.2) is 0 Å². The molecule has 0 aliphatic rings. The maximum atomic E-state index is 6.18. The molecule has 0 bridgehead atoms. The van der Waals surface area contributed by atoms with Gasteiger partial charge in [-0.2, -0.15) is 0 Å². The van der Waals surface area contributed by atoms with Crippen molar-refractivity contribution in [3.8, 4) is 5.75 Å². The highest BCUT2D eigenvalue weighted by atomic mass is 35.5. The summed E-state index contributed by atoms with van der Waals surface area (Å²) in [6.45, 7) is 3.45. The van der Waals surface area contributed by atoms with Crippen LogP contribution in [0.1, 0.15) is 16.7 Å². The van der Waals surface area contributed by atoms with Crippen LogP contribution in [0, 0.1) is 6.92 Å². The lowest BCUT2D eigenvalue weighted by Crippen LogP contribution is -2.14. The van der Waals surface area contributed by atoms with E-state index in [1.807, 2.05) is 37.5 Å². The summed E-state index contributed by atoms with van der Waals surface area (Å²) in [6, 6.07) is 7.78. The fraction of sp³-hybridized carbons (Fsp3) is 0.267. The lowest BCUT2D eigenvalue weighted by atomic mass is 10.2. The average molecular weight is 277 g/mol. The molecule has 2 rings (SSSR count). The van der Waals surface area contributed by atoms with Crippen molar-refractivity contribution in [2.45, 2.75) is 20.0 Å². The molecule has 0 saturated carbocycles. The van der Waals surface area contributed by atoms with E-state index in [1.54, 1.807) is 7.11 Å². The topological polar surface area (TPSA) is 34.1 Å². The van der Waals surface area contributed by atoms with Gasteiger partial charge in [-0.3, -0.25) is 4.98 Å². The normalized spacial score (nSPS) is 10.5. The Morgan fingerprint density at radius 3 is 2.84 bits per heavy atom. The molecular weight excluding hydrogens is 260 g/mol. The number of methoxy groups -OCH3 is 1. The summed E-state index contributed by atoms with van der Waals surface area (Å²) in [6.07, 6.45) is 3.71. The van der Waals surface area contributed by atoms with E-state index in [0.29, 0.717) is 11.6 Å². The predicted octanol–water partition coefficient (Wildman–Crippen LogP) is 3.34. The van der Waals surface area contributed by atoms with Crippen LogP contribution in [0.5, 0.6) is 5.75 Å². The van der Waals surface area contributed by atoms with Gasteiger partial charge in [-0.25, -0.2) is 0 Å². The molecule has 4 heteroatoms. The summed E-state index contributed by atoms with van der Waals surface area (Å²) in [4.78, 5) is 4.17. The number of rotatable bonds is 5. The van der Waals surface area contributed by atoms with E-state index in [2.05, 4.69) is 16.4 Å². The molecule has 0 amide bonds. The number of ether oxygens (including phenoxy) is 1. The second kappa shape index (κ2) is 6.55. The standard InChI is InChI=1S/C15H17ClN2O/c1-11-6-12(8-17-7-11)9-18-10-13-14(16)4-3-5-15(13)19-2/h3-8,18H,9-10H2,1-2H3. The Hall–Kier alpha value is -1.58. The van der Waals surface area contributed by atoms with Gasteiger partial charge in [-0.05, 0) is 30.2 Å². The molecule has 0 aliphatic carbocycles. The van der Waals surface area contributed by atoms with E-state index < -0.39 is 0 Å². The zero-order valence-corrected chi connectivity index (χ0v) is 11.9. The van der Waals surface area contributed by atoms with Crippen molar-refractivity contribution < 1.29 is 4.74 Å². The molecule has 0 radical (unpaired) electrons. The summed E-state index contributed by atoms with van der Waals surface area (Å²) < 4.78 is 5.31. The van der Waals surface area contributed by atoms with Crippen LogP contribution in [-0.4, -0.2) is 12.1 Å². The molecule has 0 spiro atoms. The Labute approximate surface area is 118 Å². The van der Waals surface area contributed by atoms with Gasteiger partial charge in [-0.15, -0.1) is 0 Å². The number of aromatic nitrogens is 1. The van der Waals surface area contributed by atoms with Gasteiger partial charge >= 0.3 is 0 Å². The van der Waals surface area contributed by atoms with Crippen LogP contribution >= 0.6 is 11.6 Å². The van der Waals surface area contributed by atoms with Crippen LogP contribution in [0.4, 0.5) is 0 Å². The van der Waals surface area contributed by atoms with E-state index in [1.165, 1.54) is 0 Å². The molecule has 2 aromatic rings. The highest BCUT2D eigenvalue weighted by molar-refractivity contribution is 6.31. The molecule has 1 N–H and O–H groups in total. The van der Waals surface area contributed by atoms with Crippen LogP contribution in [0.2, 0.25) is 5.02 Å². The Kier molecular flexibility index (Phi) is 4.77. The molecule has 1 aromatic heterocycles. The van der Waals surface area contributed by atoms with Gasteiger partial charge in [0, 0.05) is 36.1 Å². The molecule has 0 saturated heterocycles. The van der Waals surface area contributed by atoms with Crippen molar-refractivity contribution in [2.24, 2.45) is 0 Å². The number of halogens is 1. The SMILES string of the molecule is COc1cccc(Cl)c1CNCc1cncc(C)c1. The minimum atomic E-state index is 0.663. The maximum Gasteiger partial charge on any atom is 0.124 e. The van der Waals surface area contributed by atoms with Gasteiger partial charge in [-0.1, -0.05) is 23.7 Å². The fourth-order valence-electron chi connectivity index (χ4n) is 1.95. The van der Waals surface area contributed by atoms with Crippen molar-refractivity contribution >= 4 is 11.6 Å². The molecule has 0 fully saturated rings. The van der Waals surface area contributed by atoms with Crippen molar-refractivity contribution in [2.75, 3.05) is 7.11 Å². The quantitative estimate of drug-likeness (QED) is 0.909. The van der Waals surface area contributed by atoms with Gasteiger partial charge < -0.3 is 10.1 Å². The number of hydrogen-bond acceptors (Lipinski definition) is 3. The first-order chi connectivity index (χ1) is 9.20. The third kappa shape index (κ3) is 3.69. The van der Waals surface area contributed by atoms with E-state index in [9.17, 15) is 0 Å². The van der Waals surface area contributed by atoms with Gasteiger partial charge in [0.1, 0.15) is 5.75 Å². The molecule has 19 heavy (non-hydrogen) atoms. The third-order valence-electron chi connectivity index (χ3n) is 2.86. The maximum absolute atomic E-state index is 6.18. The number of aryl methyl sites for hydroxylation is 1. The minimum absolute atomic E-state index is 0.663. The summed E-state index contributed by atoms with van der Waals surface area (Å²) in [7, 11) is 1.65. The average Bonchev–Trinajstić information content (AvgIpc) is 2.40. The number of hydrogen-bond donors (Lipinski definition) is 1. The minimum Gasteiger partial charge on any atom is -0.496 e. The van der Waals surface area contributed by atoms with Crippen LogP contribution in [0.15, 0.2) is 36.7 Å². The van der Waals surface area contributed by atoms with Crippen molar-refractivity contribution in [3.05, 3.63) is 58.4 Å². The molecule has 1 aromatic carbocycles. The van der Waals surface area contributed by atoms with Gasteiger partial charge in [0.25, 0.3) is 0 Å². The van der Waals surface area contributed by atoms with E-state index >= 15 is 0 Å². The molecule has 100 valence electrons. The molecule has 3 nitrogen and oxygen atoms in total. The largest absolute Gasteiger partial charge is 0.496 e. The lowest BCUT2D eigenvalue weighted by molar-refractivity contribution is 0.407. The van der Waals surface area contributed by atoms with E-state index in [0.717, 1.165) is 29.0 Å². The number of nitrogens with one attached hydrogen (secondary N) is 1. The van der Waals surface area contributed by atoms with E-state index in [4.69, 9.17) is 16.3 Å². The first kappa shape index (κ1) is 13.8. The summed E-state index contributed by atoms with van der Waals surface area (Å²) >= 11 is 6.18. The smallest absolute Gasteiger partial charge is 0.124 e. The van der Waals surface area contributed by atoms with Crippen molar-refractivity contribution in [1.29, 1.82) is 0 Å². The molecule has 0 atom stereocenters. The molecule has 0 aliphatic heterocycles. The Balaban J connectivity index is 2.00. The molecule has 1 heterocycles. The third-order valence-corrected chi connectivity index (χ3v) is 3.21. The number of nitrogens with zero attached hydrogens (tertiary/aromatic N) is 1. The van der Waals surface area contributed by atoms with Crippen molar-refractivity contribution in [1.82, 2.24) is 10.3 Å². The highest BCUT2D eigenvalue weighted by Gasteiger charge is 2.06. The fourth-order valence-corrected chi connectivity index (χ4v) is 2.18. The number of benzene rings is 1. The van der Waals surface area contributed by atoms with Gasteiger partial charge in [0.2, 0.25) is 0 Å². The van der Waals surface area contributed by atoms with E-state index in [-0.39, 0.29) is 0 Å². The lowest BCUT2D eigenvalue weighted by Gasteiger charge is -2.11. The first-order valence-electron chi connectivity index (χ1n) is 6.13. The van der Waals surface area contributed by atoms with Crippen molar-refractivity contribution in [3.63, 3.8) is 0 Å². The van der Waals surface area contributed by atoms with Crippen LogP contribution in [-0.2, 0) is 13.1 Å². The summed E-state index contributed by atoms with van der Waals surface area (Å²) in [5.74, 6) is 0.808. The zero-order chi connectivity index (χ0) is 13.7. The first-order valence-corrected chi connectivity index (χ1v) is 6.51. The second-order valence-electron chi connectivity index (χ2n) is 4.39. The Morgan fingerprint density at radius 2 is 2.11 bits per heavy atom.